The zero-order valence-electron chi connectivity index (χ0n) is 19.5. The predicted octanol–water partition coefficient (Wildman–Crippen LogP) is 3.77. The van der Waals surface area contributed by atoms with Crippen molar-refractivity contribution in [3.63, 3.8) is 0 Å². The lowest BCUT2D eigenvalue weighted by Gasteiger charge is -2.26. The molecule has 1 aliphatic heterocycles. The van der Waals surface area contributed by atoms with Crippen LogP contribution in [0.1, 0.15) is 26.3 Å². The predicted molar refractivity (Wildman–Crippen MR) is 136 cm³/mol. The van der Waals surface area contributed by atoms with Crippen molar-refractivity contribution >= 4 is 34.8 Å². The van der Waals surface area contributed by atoms with Crippen LogP contribution in [0.5, 0.6) is 0 Å². The van der Waals surface area contributed by atoms with Crippen LogP contribution in [0, 0.1) is 6.92 Å². The number of rotatable bonds is 7. The van der Waals surface area contributed by atoms with E-state index in [0.29, 0.717) is 48.8 Å². The third-order valence-corrected chi connectivity index (χ3v) is 5.59. The fraction of sp³-hybridized carbons (Fsp3) is 0.222. The number of hydrogen-bond donors (Lipinski definition) is 3. The molecule has 4 rings (SSSR count). The molecule has 0 bridgehead atoms. The highest BCUT2D eigenvalue weighted by Crippen LogP contribution is 2.16. The average molecular weight is 473 g/mol. The molecule has 0 atom stereocenters. The van der Waals surface area contributed by atoms with Crippen LogP contribution in [0.4, 0.5) is 17.1 Å². The summed E-state index contributed by atoms with van der Waals surface area (Å²) in [5.41, 5.74) is 4.23. The minimum atomic E-state index is -0.214. The van der Waals surface area contributed by atoms with Gasteiger partial charge in [-0.15, -0.1) is 0 Å². The highest BCUT2D eigenvalue weighted by molar-refractivity contribution is 6.04. The van der Waals surface area contributed by atoms with Crippen molar-refractivity contribution in [1.29, 1.82) is 0 Å². The zero-order valence-corrected chi connectivity index (χ0v) is 19.5. The maximum absolute atomic E-state index is 12.5. The van der Waals surface area contributed by atoms with E-state index in [1.54, 1.807) is 59.5 Å². The number of morpholine rings is 1. The van der Waals surface area contributed by atoms with Crippen LogP contribution < -0.4 is 16.0 Å². The number of aryl methyl sites for hydroxylation is 1. The molecule has 0 aliphatic carbocycles. The minimum absolute atomic E-state index is 0.0358. The van der Waals surface area contributed by atoms with Gasteiger partial charge >= 0.3 is 0 Å². The standard InChI is InChI=1S/C27H28N4O4/c1-19-3-2-4-21(17-19)26(33)30-24-11-9-22(10-12-24)28-18-25(32)29-23-7-5-20(6-8-23)27(34)31-13-15-35-16-14-31/h2-12,17,28H,13-16,18H2,1H3,(H,29,32)(H,30,33). The van der Waals surface area contributed by atoms with Crippen LogP contribution in [-0.4, -0.2) is 55.5 Å². The second kappa shape index (κ2) is 11.3. The second-order valence-corrected chi connectivity index (χ2v) is 8.28. The van der Waals surface area contributed by atoms with Crippen LogP contribution in [0.25, 0.3) is 0 Å². The van der Waals surface area contributed by atoms with Crippen molar-refractivity contribution in [2.24, 2.45) is 0 Å². The number of carbonyl (C=O) groups excluding carboxylic acids is 3. The number of amides is 3. The Morgan fingerprint density at radius 1 is 0.800 bits per heavy atom. The molecule has 1 fully saturated rings. The number of benzene rings is 3. The van der Waals surface area contributed by atoms with E-state index < -0.39 is 0 Å². The monoisotopic (exact) mass is 472 g/mol. The van der Waals surface area contributed by atoms with E-state index in [2.05, 4.69) is 16.0 Å². The molecule has 8 nitrogen and oxygen atoms in total. The summed E-state index contributed by atoms with van der Waals surface area (Å²) in [6.07, 6.45) is 0. The number of hydrogen-bond acceptors (Lipinski definition) is 5. The van der Waals surface area contributed by atoms with Crippen molar-refractivity contribution in [1.82, 2.24) is 4.90 Å². The van der Waals surface area contributed by atoms with Gasteiger partial charge in [-0.1, -0.05) is 17.7 Å². The Morgan fingerprint density at radius 3 is 2.11 bits per heavy atom. The molecular weight excluding hydrogens is 444 g/mol. The molecule has 1 aliphatic rings. The SMILES string of the molecule is Cc1cccc(C(=O)Nc2ccc(NCC(=O)Nc3ccc(C(=O)N4CCOCC4)cc3)cc2)c1. The van der Waals surface area contributed by atoms with E-state index in [1.807, 2.05) is 25.1 Å². The fourth-order valence-electron chi connectivity index (χ4n) is 3.69. The van der Waals surface area contributed by atoms with Crippen LogP contribution in [0.2, 0.25) is 0 Å². The van der Waals surface area contributed by atoms with Crippen molar-refractivity contribution < 1.29 is 19.1 Å². The first-order valence-corrected chi connectivity index (χ1v) is 11.5. The Hall–Kier alpha value is -4.17. The molecule has 3 amide bonds. The normalized spacial score (nSPS) is 13.1. The molecule has 1 heterocycles. The topological polar surface area (TPSA) is 99.8 Å². The van der Waals surface area contributed by atoms with Gasteiger partial charge in [0.05, 0.1) is 19.8 Å². The highest BCUT2D eigenvalue weighted by Gasteiger charge is 2.18. The maximum Gasteiger partial charge on any atom is 0.255 e. The van der Waals surface area contributed by atoms with Gasteiger partial charge in [-0.25, -0.2) is 0 Å². The van der Waals surface area contributed by atoms with Gasteiger partial charge in [-0.05, 0) is 67.6 Å². The molecule has 35 heavy (non-hydrogen) atoms. The molecule has 0 unspecified atom stereocenters. The van der Waals surface area contributed by atoms with Crippen molar-refractivity contribution in [3.05, 3.63) is 89.5 Å². The number of carbonyl (C=O) groups is 3. The van der Waals surface area contributed by atoms with Gasteiger partial charge in [0.15, 0.2) is 0 Å². The van der Waals surface area contributed by atoms with E-state index in [0.717, 1.165) is 11.3 Å². The number of nitrogens with one attached hydrogen (secondary N) is 3. The Bertz CT molecular complexity index is 1190. The summed E-state index contributed by atoms with van der Waals surface area (Å²) >= 11 is 0. The molecular formula is C27H28N4O4. The average Bonchev–Trinajstić information content (AvgIpc) is 2.89. The highest BCUT2D eigenvalue weighted by atomic mass is 16.5. The van der Waals surface area contributed by atoms with E-state index in [-0.39, 0.29) is 24.3 Å². The lowest BCUT2D eigenvalue weighted by atomic mass is 10.1. The Balaban J connectivity index is 1.24. The van der Waals surface area contributed by atoms with Crippen molar-refractivity contribution in [3.8, 4) is 0 Å². The van der Waals surface area contributed by atoms with Crippen LogP contribution >= 0.6 is 0 Å². The van der Waals surface area contributed by atoms with Gasteiger partial charge in [0.1, 0.15) is 0 Å². The Labute approximate surface area is 204 Å². The first-order valence-electron chi connectivity index (χ1n) is 11.5. The largest absolute Gasteiger partial charge is 0.378 e. The first kappa shape index (κ1) is 24.0. The molecule has 0 radical (unpaired) electrons. The third-order valence-electron chi connectivity index (χ3n) is 5.59. The fourth-order valence-corrected chi connectivity index (χ4v) is 3.69. The van der Waals surface area contributed by atoms with Gasteiger partial charge in [0, 0.05) is 41.3 Å². The van der Waals surface area contributed by atoms with Gasteiger partial charge in [0.25, 0.3) is 11.8 Å². The van der Waals surface area contributed by atoms with Crippen LogP contribution in [0.3, 0.4) is 0 Å². The van der Waals surface area contributed by atoms with Crippen LogP contribution in [-0.2, 0) is 9.53 Å². The lowest BCUT2D eigenvalue weighted by molar-refractivity contribution is -0.114. The minimum Gasteiger partial charge on any atom is -0.378 e. The van der Waals surface area contributed by atoms with E-state index in [4.69, 9.17) is 4.74 Å². The van der Waals surface area contributed by atoms with E-state index in [1.165, 1.54) is 0 Å². The summed E-state index contributed by atoms with van der Waals surface area (Å²) in [4.78, 5) is 39.0. The maximum atomic E-state index is 12.5. The number of anilines is 3. The number of ether oxygens (including phenoxy) is 1. The first-order chi connectivity index (χ1) is 17.0. The summed E-state index contributed by atoms with van der Waals surface area (Å²) in [7, 11) is 0. The third kappa shape index (κ3) is 6.68. The molecule has 1 saturated heterocycles. The van der Waals surface area contributed by atoms with Crippen molar-refractivity contribution in [2.75, 3.05) is 48.8 Å². The van der Waals surface area contributed by atoms with Gasteiger partial charge in [0.2, 0.25) is 5.91 Å². The molecule has 0 aromatic heterocycles. The van der Waals surface area contributed by atoms with Gasteiger partial charge < -0.3 is 25.6 Å². The lowest BCUT2D eigenvalue weighted by Crippen LogP contribution is -2.40. The zero-order chi connectivity index (χ0) is 24.6. The summed E-state index contributed by atoms with van der Waals surface area (Å²) in [6, 6.07) is 21.4. The quantitative estimate of drug-likeness (QED) is 0.486. The molecule has 3 N–H and O–H groups in total. The van der Waals surface area contributed by atoms with E-state index in [9.17, 15) is 14.4 Å². The molecule has 0 saturated carbocycles. The number of nitrogens with zero attached hydrogens (tertiary/aromatic N) is 1. The Morgan fingerprint density at radius 2 is 1.43 bits per heavy atom. The smallest absolute Gasteiger partial charge is 0.255 e. The second-order valence-electron chi connectivity index (χ2n) is 8.28. The molecule has 3 aromatic carbocycles. The summed E-state index contributed by atoms with van der Waals surface area (Å²) in [6.45, 7) is 4.29. The summed E-state index contributed by atoms with van der Waals surface area (Å²) < 4.78 is 5.28. The molecule has 8 heteroatoms. The molecule has 3 aromatic rings. The molecule has 180 valence electrons. The van der Waals surface area contributed by atoms with Crippen molar-refractivity contribution in [2.45, 2.75) is 6.92 Å². The van der Waals surface area contributed by atoms with Crippen LogP contribution in [0.15, 0.2) is 72.8 Å². The summed E-state index contributed by atoms with van der Waals surface area (Å²) in [5, 5.41) is 8.74. The Kier molecular flexibility index (Phi) is 7.74. The summed E-state index contributed by atoms with van der Waals surface area (Å²) in [5.74, 6) is -0.424. The molecule has 0 spiro atoms. The van der Waals surface area contributed by atoms with Gasteiger partial charge in [-0.2, -0.15) is 0 Å². The van der Waals surface area contributed by atoms with E-state index >= 15 is 0 Å². The van der Waals surface area contributed by atoms with Gasteiger partial charge in [-0.3, -0.25) is 14.4 Å².